The molecule has 0 amide bonds. The van der Waals surface area contributed by atoms with Crippen LogP contribution >= 0.6 is 11.6 Å². The summed E-state index contributed by atoms with van der Waals surface area (Å²) in [5.74, 6) is 0.722. The van der Waals surface area contributed by atoms with Crippen LogP contribution in [-0.2, 0) is 6.54 Å². The lowest BCUT2D eigenvalue weighted by Gasteiger charge is -2.28. The van der Waals surface area contributed by atoms with Crippen LogP contribution < -0.4 is 0 Å². The second kappa shape index (κ2) is 4.64. The maximum absolute atomic E-state index is 5.74. The average Bonchev–Trinajstić information content (AvgIpc) is 2.04. The molecule has 1 aromatic carbocycles. The Kier molecular flexibility index (Phi) is 3.76. The summed E-state index contributed by atoms with van der Waals surface area (Å²) in [6.45, 7) is 2.06. The number of rotatable bonds is 4. The largest absolute Gasteiger partial charge is 0.324 e. The van der Waals surface area contributed by atoms with Gasteiger partial charge in [-0.1, -0.05) is 30.3 Å². The minimum absolute atomic E-state index is 0.722. The van der Waals surface area contributed by atoms with Crippen LogP contribution in [-0.4, -0.2) is 31.0 Å². The first-order valence-electron chi connectivity index (χ1n) is 4.56. The van der Waals surface area contributed by atoms with Crippen LogP contribution in [0.2, 0.25) is 0 Å². The lowest BCUT2D eigenvalue weighted by molar-refractivity contribution is -0.901. The van der Waals surface area contributed by atoms with Gasteiger partial charge in [-0.25, -0.2) is 0 Å². The second-order valence-corrected chi connectivity index (χ2v) is 4.37. The summed E-state index contributed by atoms with van der Waals surface area (Å²) in [6, 6.07) is 10.5. The number of benzene rings is 1. The van der Waals surface area contributed by atoms with E-state index in [4.69, 9.17) is 11.6 Å². The van der Waals surface area contributed by atoms with Crippen molar-refractivity contribution >= 4 is 11.6 Å². The highest BCUT2D eigenvalue weighted by molar-refractivity contribution is 6.17. The molecular formula is C11H17ClN+. The fraction of sp³-hybridized carbons (Fsp3) is 0.455. The zero-order valence-corrected chi connectivity index (χ0v) is 9.09. The molecule has 72 valence electrons. The fourth-order valence-corrected chi connectivity index (χ4v) is 1.84. The summed E-state index contributed by atoms with van der Waals surface area (Å²) in [5.41, 5.74) is 1.37. The minimum Gasteiger partial charge on any atom is -0.324 e. The molecule has 0 bridgehead atoms. The Morgan fingerprint density at radius 1 is 1.15 bits per heavy atom. The van der Waals surface area contributed by atoms with Gasteiger partial charge in [-0.05, 0) is 0 Å². The highest BCUT2D eigenvalue weighted by Crippen LogP contribution is 2.08. The molecule has 0 aliphatic heterocycles. The average molecular weight is 199 g/mol. The molecule has 1 nitrogen and oxygen atoms in total. The van der Waals surface area contributed by atoms with Crippen molar-refractivity contribution < 1.29 is 4.48 Å². The highest BCUT2D eigenvalue weighted by Gasteiger charge is 2.13. The van der Waals surface area contributed by atoms with E-state index in [0.717, 1.165) is 23.5 Å². The summed E-state index contributed by atoms with van der Waals surface area (Å²) in [6.07, 6.45) is 0. The van der Waals surface area contributed by atoms with Crippen LogP contribution in [0.4, 0.5) is 0 Å². The first-order valence-corrected chi connectivity index (χ1v) is 5.09. The Balaban J connectivity index is 2.58. The summed E-state index contributed by atoms with van der Waals surface area (Å²) < 4.78 is 0.952. The van der Waals surface area contributed by atoms with Gasteiger partial charge in [0, 0.05) is 5.56 Å². The van der Waals surface area contributed by atoms with Gasteiger partial charge >= 0.3 is 0 Å². The molecule has 0 atom stereocenters. The molecule has 2 heteroatoms. The molecular weight excluding hydrogens is 182 g/mol. The zero-order valence-electron chi connectivity index (χ0n) is 8.33. The standard InChI is InChI=1S/C11H17ClN/c1-13(2,9-8-12)10-11-6-4-3-5-7-11/h3-7H,8-10H2,1-2H3/q+1. The van der Waals surface area contributed by atoms with E-state index < -0.39 is 0 Å². The van der Waals surface area contributed by atoms with Gasteiger partial charge in [-0.2, -0.15) is 0 Å². The van der Waals surface area contributed by atoms with Crippen molar-refractivity contribution in [1.82, 2.24) is 0 Å². The fourth-order valence-electron chi connectivity index (χ4n) is 1.39. The Labute approximate surface area is 85.5 Å². The molecule has 0 N–H and O–H groups in total. The van der Waals surface area contributed by atoms with E-state index in [1.807, 2.05) is 6.07 Å². The third-order valence-corrected chi connectivity index (χ3v) is 2.31. The SMILES string of the molecule is C[N+](C)(CCCl)Cc1ccccc1. The lowest BCUT2D eigenvalue weighted by atomic mass is 10.2. The van der Waals surface area contributed by atoms with Crippen molar-refractivity contribution in [1.29, 1.82) is 0 Å². The zero-order chi connectivity index (χ0) is 9.73. The Hall–Kier alpha value is -0.530. The van der Waals surface area contributed by atoms with Gasteiger partial charge in [0.1, 0.15) is 6.54 Å². The molecule has 1 aromatic rings. The number of hydrogen-bond donors (Lipinski definition) is 0. The van der Waals surface area contributed by atoms with Crippen molar-refractivity contribution in [2.45, 2.75) is 6.54 Å². The molecule has 0 heterocycles. The molecule has 0 unspecified atom stereocenters. The molecule has 13 heavy (non-hydrogen) atoms. The third kappa shape index (κ3) is 3.79. The number of quaternary nitrogens is 1. The van der Waals surface area contributed by atoms with Gasteiger partial charge in [0.05, 0.1) is 26.5 Å². The molecule has 0 radical (unpaired) electrons. The predicted molar refractivity (Wildman–Crippen MR) is 57.8 cm³/mol. The molecule has 0 saturated heterocycles. The van der Waals surface area contributed by atoms with Gasteiger partial charge in [0.15, 0.2) is 0 Å². The summed E-state index contributed by atoms with van der Waals surface area (Å²) in [4.78, 5) is 0. The van der Waals surface area contributed by atoms with Gasteiger partial charge in [0.25, 0.3) is 0 Å². The Morgan fingerprint density at radius 2 is 1.77 bits per heavy atom. The van der Waals surface area contributed by atoms with Gasteiger partial charge in [-0.15, -0.1) is 11.6 Å². The number of hydrogen-bond acceptors (Lipinski definition) is 0. The van der Waals surface area contributed by atoms with Gasteiger partial charge in [-0.3, -0.25) is 0 Å². The van der Waals surface area contributed by atoms with E-state index in [9.17, 15) is 0 Å². The van der Waals surface area contributed by atoms with Crippen molar-refractivity contribution in [3.8, 4) is 0 Å². The number of halogens is 1. The third-order valence-electron chi connectivity index (χ3n) is 2.14. The van der Waals surface area contributed by atoms with E-state index in [0.29, 0.717) is 0 Å². The maximum atomic E-state index is 5.74. The van der Waals surface area contributed by atoms with Crippen LogP contribution in [0.3, 0.4) is 0 Å². The van der Waals surface area contributed by atoms with Crippen molar-refractivity contribution in [2.24, 2.45) is 0 Å². The molecule has 0 aromatic heterocycles. The van der Waals surface area contributed by atoms with Crippen molar-refractivity contribution in [2.75, 3.05) is 26.5 Å². The Bertz CT molecular complexity index is 244. The molecule has 0 spiro atoms. The minimum atomic E-state index is 0.722. The second-order valence-electron chi connectivity index (χ2n) is 3.99. The monoisotopic (exact) mass is 198 g/mol. The quantitative estimate of drug-likeness (QED) is 0.515. The van der Waals surface area contributed by atoms with E-state index in [1.54, 1.807) is 0 Å². The van der Waals surface area contributed by atoms with Crippen LogP contribution in [0.25, 0.3) is 0 Å². The van der Waals surface area contributed by atoms with Crippen LogP contribution in [0.15, 0.2) is 30.3 Å². The molecule has 1 rings (SSSR count). The van der Waals surface area contributed by atoms with E-state index in [-0.39, 0.29) is 0 Å². The Morgan fingerprint density at radius 3 is 2.31 bits per heavy atom. The summed E-state index contributed by atoms with van der Waals surface area (Å²) >= 11 is 5.74. The van der Waals surface area contributed by atoms with E-state index >= 15 is 0 Å². The number of nitrogens with zero attached hydrogens (tertiary/aromatic N) is 1. The maximum Gasteiger partial charge on any atom is 0.104 e. The lowest BCUT2D eigenvalue weighted by Crippen LogP contribution is -2.40. The van der Waals surface area contributed by atoms with Crippen molar-refractivity contribution in [3.63, 3.8) is 0 Å². The van der Waals surface area contributed by atoms with E-state index in [1.165, 1.54) is 5.56 Å². The first-order chi connectivity index (χ1) is 6.14. The smallest absolute Gasteiger partial charge is 0.104 e. The summed E-state index contributed by atoms with van der Waals surface area (Å²) in [5, 5.41) is 0. The highest BCUT2D eigenvalue weighted by atomic mass is 35.5. The molecule has 0 saturated carbocycles. The van der Waals surface area contributed by atoms with E-state index in [2.05, 4.69) is 38.4 Å². The van der Waals surface area contributed by atoms with Crippen LogP contribution in [0.5, 0.6) is 0 Å². The van der Waals surface area contributed by atoms with Gasteiger partial charge < -0.3 is 4.48 Å². The van der Waals surface area contributed by atoms with Gasteiger partial charge in [0.2, 0.25) is 0 Å². The molecule has 0 aliphatic rings. The topological polar surface area (TPSA) is 0 Å². The number of alkyl halides is 1. The van der Waals surface area contributed by atoms with Crippen LogP contribution in [0, 0.1) is 0 Å². The normalized spacial score (nSPS) is 11.6. The molecule has 0 fully saturated rings. The van der Waals surface area contributed by atoms with Crippen LogP contribution in [0.1, 0.15) is 5.56 Å². The summed E-state index contributed by atoms with van der Waals surface area (Å²) in [7, 11) is 4.41. The van der Waals surface area contributed by atoms with Crippen molar-refractivity contribution in [3.05, 3.63) is 35.9 Å². The molecule has 0 aliphatic carbocycles. The predicted octanol–water partition coefficient (Wildman–Crippen LogP) is 2.50. The first kappa shape index (κ1) is 10.6.